The van der Waals surface area contributed by atoms with Crippen molar-refractivity contribution < 1.29 is 9.29 Å². The van der Waals surface area contributed by atoms with Gasteiger partial charge in [-0.25, -0.2) is 0 Å². The molecule has 168 valence electrons. The largest absolute Gasteiger partial charge is 0.396 e. The maximum absolute atomic E-state index is 9.21. The third-order valence-electron chi connectivity index (χ3n) is 6.25. The molecule has 0 amide bonds. The van der Waals surface area contributed by atoms with Gasteiger partial charge in [-0.2, -0.15) is 4.18 Å². The summed E-state index contributed by atoms with van der Waals surface area (Å²) in [5, 5.41) is 9.21. The molecule has 28 heavy (non-hydrogen) atoms. The number of aliphatic hydroxyl groups is 1. The molecule has 0 bridgehead atoms. The van der Waals surface area contributed by atoms with Crippen molar-refractivity contribution in [3.8, 4) is 0 Å². The Balaban J connectivity index is 2.06. The number of rotatable bonds is 19. The second-order valence-corrected chi connectivity index (χ2v) is 11.0. The van der Waals surface area contributed by atoms with E-state index in [-0.39, 0.29) is 11.2 Å². The summed E-state index contributed by atoms with van der Waals surface area (Å²) in [6.45, 7) is 4.84. The first-order valence-corrected chi connectivity index (χ1v) is 14.2. The monoisotopic (exact) mass is 415 g/mol. The molecule has 0 saturated heterocycles. The molecule has 0 aromatic rings. The van der Waals surface area contributed by atoms with Gasteiger partial charge in [0.05, 0.1) is 0 Å². The number of unbranched alkanes of at least 4 members (excludes halogenated alkanes) is 8. The van der Waals surface area contributed by atoms with E-state index >= 15 is 0 Å². The van der Waals surface area contributed by atoms with Crippen molar-refractivity contribution in [3.63, 3.8) is 0 Å². The summed E-state index contributed by atoms with van der Waals surface area (Å²) in [4.78, 5) is 0. The van der Waals surface area contributed by atoms with Crippen molar-refractivity contribution in [2.45, 2.75) is 136 Å². The van der Waals surface area contributed by atoms with Crippen LogP contribution in [0.5, 0.6) is 0 Å². The molecule has 1 rings (SSSR count). The van der Waals surface area contributed by atoms with Crippen LogP contribution in [0.25, 0.3) is 0 Å². The summed E-state index contributed by atoms with van der Waals surface area (Å²) in [6.07, 6.45) is 25.1. The maximum atomic E-state index is 9.21. The Kier molecular flexibility index (Phi) is 18.1. The maximum Gasteiger partial charge on any atom is 0.147 e. The highest BCUT2D eigenvalue weighted by Gasteiger charge is 2.23. The van der Waals surface area contributed by atoms with Gasteiger partial charge in [0.25, 0.3) is 0 Å². The third-order valence-corrected chi connectivity index (χ3v) is 8.34. The lowest BCUT2D eigenvalue weighted by molar-refractivity contribution is 0.234. The number of hydrogen-bond acceptors (Lipinski definition) is 2. The van der Waals surface area contributed by atoms with E-state index in [2.05, 4.69) is 13.8 Å². The van der Waals surface area contributed by atoms with Crippen LogP contribution in [0.3, 0.4) is 0 Å². The van der Waals surface area contributed by atoms with Crippen molar-refractivity contribution in [2.24, 2.45) is 5.92 Å². The quantitative estimate of drug-likeness (QED) is 0.174. The molecule has 2 unspecified atom stereocenters. The molecule has 0 spiro atoms. The minimum atomic E-state index is 0.0656. The summed E-state index contributed by atoms with van der Waals surface area (Å²) in [6, 6.07) is 0. The normalized spacial score (nSPS) is 17.7. The first-order valence-electron chi connectivity index (χ1n) is 12.7. The van der Waals surface area contributed by atoms with Crippen molar-refractivity contribution >= 4 is 11.2 Å². The SMILES string of the molecule is CCCCCCCCC(C)O[S+](CCCO)CCCCCCC1CCCCC1. The second kappa shape index (κ2) is 19.2. The highest BCUT2D eigenvalue weighted by molar-refractivity contribution is 7.92. The van der Waals surface area contributed by atoms with Gasteiger partial charge in [0.1, 0.15) is 28.8 Å². The Bertz CT molecular complexity index is 318. The molecule has 3 heteroatoms. The zero-order chi connectivity index (χ0) is 20.3. The van der Waals surface area contributed by atoms with E-state index in [1.165, 1.54) is 115 Å². The first-order chi connectivity index (χ1) is 13.8. The third kappa shape index (κ3) is 15.2. The minimum Gasteiger partial charge on any atom is -0.396 e. The molecule has 1 saturated carbocycles. The molecule has 0 radical (unpaired) electrons. The van der Waals surface area contributed by atoms with Gasteiger partial charge in [-0.3, -0.25) is 0 Å². The molecular weight excluding hydrogens is 364 g/mol. The predicted molar refractivity (Wildman–Crippen MR) is 127 cm³/mol. The molecular formula is C25H51O2S+. The van der Waals surface area contributed by atoms with Crippen molar-refractivity contribution in [1.29, 1.82) is 0 Å². The molecule has 1 fully saturated rings. The van der Waals surface area contributed by atoms with Crippen LogP contribution in [0.4, 0.5) is 0 Å². The zero-order valence-electron chi connectivity index (χ0n) is 19.3. The van der Waals surface area contributed by atoms with E-state index in [1.54, 1.807) is 0 Å². The highest BCUT2D eigenvalue weighted by Crippen LogP contribution is 2.28. The average molecular weight is 416 g/mol. The average Bonchev–Trinajstić information content (AvgIpc) is 2.71. The van der Waals surface area contributed by atoms with Crippen molar-refractivity contribution in [2.75, 3.05) is 18.1 Å². The molecule has 1 aliphatic rings. The fraction of sp³-hybridized carbons (Fsp3) is 1.00. The van der Waals surface area contributed by atoms with E-state index in [4.69, 9.17) is 4.18 Å². The van der Waals surface area contributed by atoms with Gasteiger partial charge in [0, 0.05) is 13.0 Å². The highest BCUT2D eigenvalue weighted by atomic mass is 32.2. The second-order valence-electron chi connectivity index (χ2n) is 9.10. The van der Waals surface area contributed by atoms with E-state index < -0.39 is 0 Å². The fourth-order valence-corrected chi connectivity index (χ4v) is 6.38. The fourth-order valence-electron chi connectivity index (χ4n) is 4.44. The van der Waals surface area contributed by atoms with Crippen molar-refractivity contribution in [3.05, 3.63) is 0 Å². The van der Waals surface area contributed by atoms with Crippen LogP contribution >= 0.6 is 0 Å². The van der Waals surface area contributed by atoms with Crippen LogP contribution in [-0.2, 0) is 15.4 Å². The Labute approximate surface area is 180 Å². The summed E-state index contributed by atoms with van der Waals surface area (Å²) >= 11 is 0.0656. The van der Waals surface area contributed by atoms with Crippen molar-refractivity contribution in [1.82, 2.24) is 0 Å². The minimum absolute atomic E-state index is 0.0656. The zero-order valence-corrected chi connectivity index (χ0v) is 20.1. The van der Waals surface area contributed by atoms with Crippen LogP contribution in [0.2, 0.25) is 0 Å². The molecule has 1 N–H and O–H groups in total. The van der Waals surface area contributed by atoms with Gasteiger partial charge in [0.15, 0.2) is 0 Å². The molecule has 0 heterocycles. The number of hydrogen-bond donors (Lipinski definition) is 1. The van der Waals surface area contributed by atoms with Crippen LogP contribution < -0.4 is 0 Å². The lowest BCUT2D eigenvalue weighted by atomic mass is 9.85. The molecule has 2 nitrogen and oxygen atoms in total. The summed E-state index contributed by atoms with van der Waals surface area (Å²) in [5.41, 5.74) is 0. The Morgan fingerprint density at radius 2 is 1.46 bits per heavy atom. The Morgan fingerprint density at radius 3 is 2.21 bits per heavy atom. The van der Waals surface area contributed by atoms with E-state index in [9.17, 15) is 5.11 Å². The molecule has 0 aromatic carbocycles. The summed E-state index contributed by atoms with van der Waals surface area (Å²) in [5.74, 6) is 3.31. The topological polar surface area (TPSA) is 29.5 Å². The van der Waals surface area contributed by atoms with Gasteiger partial charge in [-0.05, 0) is 32.1 Å². The molecule has 1 aliphatic carbocycles. The van der Waals surface area contributed by atoms with Gasteiger partial charge in [-0.15, -0.1) is 0 Å². The van der Waals surface area contributed by atoms with Crippen LogP contribution in [0, 0.1) is 5.92 Å². The van der Waals surface area contributed by atoms with E-state index in [1.807, 2.05) is 0 Å². The Hall–Kier alpha value is 0.270. The standard InChI is InChI=1S/C25H51O2S/c1-3-4-5-6-7-11-17-24(2)27-28(23-16-21-26)22-15-9-8-12-18-25-19-13-10-14-20-25/h24-26H,3-23H2,1-2H3/q+1. The lowest BCUT2D eigenvalue weighted by Gasteiger charge is -2.21. The van der Waals surface area contributed by atoms with Crippen LogP contribution in [-0.4, -0.2) is 29.3 Å². The smallest absolute Gasteiger partial charge is 0.147 e. The van der Waals surface area contributed by atoms with Gasteiger partial charge < -0.3 is 5.11 Å². The van der Waals surface area contributed by atoms with Gasteiger partial charge in [-0.1, -0.05) is 96.8 Å². The van der Waals surface area contributed by atoms with E-state index in [0.29, 0.717) is 12.7 Å². The Morgan fingerprint density at radius 1 is 0.821 bits per heavy atom. The first kappa shape index (κ1) is 26.3. The summed E-state index contributed by atoms with van der Waals surface area (Å²) < 4.78 is 6.40. The molecule has 0 aromatic heterocycles. The summed E-state index contributed by atoms with van der Waals surface area (Å²) in [7, 11) is 0. The predicted octanol–water partition coefficient (Wildman–Crippen LogP) is 7.59. The van der Waals surface area contributed by atoms with Crippen LogP contribution in [0.1, 0.15) is 129 Å². The van der Waals surface area contributed by atoms with Gasteiger partial charge >= 0.3 is 0 Å². The van der Waals surface area contributed by atoms with Gasteiger partial charge in [0.2, 0.25) is 0 Å². The van der Waals surface area contributed by atoms with Crippen LogP contribution in [0.15, 0.2) is 0 Å². The molecule has 2 atom stereocenters. The lowest BCUT2D eigenvalue weighted by Crippen LogP contribution is -2.22. The number of aliphatic hydroxyl groups excluding tert-OH is 1. The van der Waals surface area contributed by atoms with E-state index in [0.717, 1.165) is 18.1 Å². The molecule has 0 aliphatic heterocycles.